The third-order valence-corrected chi connectivity index (χ3v) is 5.09. The number of halogens is 3. The minimum atomic E-state index is 0.345. The van der Waals surface area contributed by atoms with Gasteiger partial charge in [0, 0.05) is 23.2 Å². The van der Waals surface area contributed by atoms with Crippen molar-refractivity contribution < 1.29 is 0 Å². The van der Waals surface area contributed by atoms with E-state index >= 15 is 0 Å². The van der Waals surface area contributed by atoms with Gasteiger partial charge >= 0.3 is 0 Å². The van der Waals surface area contributed by atoms with Gasteiger partial charge in [0.05, 0.1) is 10.0 Å². The van der Waals surface area contributed by atoms with Gasteiger partial charge in [0.25, 0.3) is 0 Å². The zero-order chi connectivity index (χ0) is 14.8. The van der Waals surface area contributed by atoms with Crippen LogP contribution in [0.1, 0.15) is 30.0 Å². The van der Waals surface area contributed by atoms with E-state index in [1.807, 2.05) is 6.07 Å². The smallest absolute Gasteiger partial charge is 0.0652 e. The van der Waals surface area contributed by atoms with Gasteiger partial charge in [-0.15, -0.1) is 0 Å². The third kappa shape index (κ3) is 3.54. The molecule has 1 saturated carbocycles. The summed E-state index contributed by atoms with van der Waals surface area (Å²) in [5.74, 6) is 0.698. The molecule has 21 heavy (non-hydrogen) atoms. The summed E-state index contributed by atoms with van der Waals surface area (Å²) in [5, 5.41) is 5.33. The lowest BCUT2D eigenvalue weighted by atomic mass is 10.0. The first kappa shape index (κ1) is 15.2. The van der Waals surface area contributed by atoms with Crippen molar-refractivity contribution in [2.24, 2.45) is 5.92 Å². The summed E-state index contributed by atoms with van der Waals surface area (Å²) in [6, 6.07) is 14.4. The second kappa shape index (κ2) is 6.58. The van der Waals surface area contributed by atoms with Gasteiger partial charge in [0.15, 0.2) is 0 Å². The molecule has 1 atom stereocenters. The highest BCUT2D eigenvalue weighted by Gasteiger charge is 2.32. The van der Waals surface area contributed by atoms with E-state index in [2.05, 4.69) is 29.6 Å². The van der Waals surface area contributed by atoms with E-state index in [0.29, 0.717) is 33.6 Å². The van der Waals surface area contributed by atoms with Gasteiger partial charge < -0.3 is 5.32 Å². The molecule has 1 N–H and O–H groups in total. The minimum Gasteiger partial charge on any atom is -0.305 e. The molecular formula is C17H16Cl3N. The Morgan fingerprint density at radius 1 is 0.952 bits per heavy atom. The van der Waals surface area contributed by atoms with Gasteiger partial charge in [-0.3, -0.25) is 0 Å². The van der Waals surface area contributed by atoms with Crippen LogP contribution in [0.2, 0.25) is 15.1 Å². The molecule has 1 unspecified atom stereocenters. The zero-order valence-electron chi connectivity index (χ0n) is 11.5. The molecule has 1 aliphatic rings. The van der Waals surface area contributed by atoms with Gasteiger partial charge in [0.1, 0.15) is 0 Å². The Balaban J connectivity index is 1.78. The monoisotopic (exact) mass is 339 g/mol. The predicted octanol–water partition coefficient (Wildman–Crippen LogP) is 5.89. The summed E-state index contributed by atoms with van der Waals surface area (Å²) in [6.45, 7) is 0.619. The standard InChI is InChI=1S/C17H16Cl3N/c18-14-8-9-15(19)16(20)13(14)10-21-17(12-6-7-12)11-4-2-1-3-5-11/h1-5,8-9,12,17,21H,6-7,10H2. The van der Waals surface area contributed by atoms with Crippen LogP contribution in [0.5, 0.6) is 0 Å². The molecule has 110 valence electrons. The Bertz CT molecular complexity index is 623. The topological polar surface area (TPSA) is 12.0 Å². The van der Waals surface area contributed by atoms with E-state index in [9.17, 15) is 0 Å². The van der Waals surface area contributed by atoms with E-state index in [1.54, 1.807) is 12.1 Å². The molecule has 4 heteroatoms. The van der Waals surface area contributed by atoms with Crippen LogP contribution in [0.25, 0.3) is 0 Å². The molecule has 3 rings (SSSR count). The molecule has 0 aromatic heterocycles. The van der Waals surface area contributed by atoms with Crippen molar-refractivity contribution in [2.45, 2.75) is 25.4 Å². The molecule has 1 nitrogen and oxygen atoms in total. The van der Waals surface area contributed by atoms with Crippen LogP contribution in [0.15, 0.2) is 42.5 Å². The molecule has 0 bridgehead atoms. The van der Waals surface area contributed by atoms with Crippen molar-refractivity contribution in [3.05, 3.63) is 68.7 Å². The summed E-state index contributed by atoms with van der Waals surface area (Å²) in [7, 11) is 0. The van der Waals surface area contributed by atoms with Crippen molar-refractivity contribution >= 4 is 34.8 Å². The first-order valence-corrected chi connectivity index (χ1v) is 8.21. The molecular weight excluding hydrogens is 325 g/mol. The first-order chi connectivity index (χ1) is 10.2. The van der Waals surface area contributed by atoms with Crippen LogP contribution in [0, 0.1) is 5.92 Å². The Labute approximate surface area is 140 Å². The first-order valence-electron chi connectivity index (χ1n) is 7.07. The Morgan fingerprint density at radius 2 is 1.62 bits per heavy atom. The lowest BCUT2D eigenvalue weighted by Crippen LogP contribution is -2.23. The number of hydrogen-bond donors (Lipinski definition) is 1. The van der Waals surface area contributed by atoms with Crippen LogP contribution in [0.4, 0.5) is 0 Å². The molecule has 2 aromatic rings. The summed E-state index contributed by atoms with van der Waals surface area (Å²) >= 11 is 18.6. The second-order valence-electron chi connectivity index (χ2n) is 5.43. The predicted molar refractivity (Wildman–Crippen MR) is 90.2 cm³/mol. The van der Waals surface area contributed by atoms with Crippen molar-refractivity contribution in [3.63, 3.8) is 0 Å². The van der Waals surface area contributed by atoms with Gasteiger partial charge in [0.2, 0.25) is 0 Å². The van der Waals surface area contributed by atoms with E-state index in [4.69, 9.17) is 34.8 Å². The zero-order valence-corrected chi connectivity index (χ0v) is 13.7. The van der Waals surface area contributed by atoms with E-state index < -0.39 is 0 Å². The molecule has 0 radical (unpaired) electrons. The van der Waals surface area contributed by atoms with Crippen molar-refractivity contribution in [1.29, 1.82) is 0 Å². The maximum atomic E-state index is 6.27. The Kier molecular flexibility index (Phi) is 4.75. The van der Waals surface area contributed by atoms with Gasteiger partial charge in [-0.2, -0.15) is 0 Å². The average Bonchev–Trinajstić information content (AvgIpc) is 3.32. The SMILES string of the molecule is Clc1ccc(Cl)c(CNC(c2ccccc2)C2CC2)c1Cl. The minimum absolute atomic E-state index is 0.345. The number of hydrogen-bond acceptors (Lipinski definition) is 1. The Morgan fingerprint density at radius 3 is 2.29 bits per heavy atom. The molecule has 0 heterocycles. The molecule has 1 fully saturated rings. The summed E-state index contributed by atoms with van der Waals surface area (Å²) < 4.78 is 0. The summed E-state index contributed by atoms with van der Waals surface area (Å²) in [6.07, 6.45) is 2.53. The fraction of sp³-hybridized carbons (Fsp3) is 0.294. The van der Waals surface area contributed by atoms with Gasteiger partial charge in [-0.1, -0.05) is 65.1 Å². The summed E-state index contributed by atoms with van der Waals surface area (Å²) in [4.78, 5) is 0. The number of nitrogens with one attached hydrogen (secondary N) is 1. The maximum absolute atomic E-state index is 6.27. The lowest BCUT2D eigenvalue weighted by Gasteiger charge is -2.20. The summed E-state index contributed by atoms with van der Waals surface area (Å²) in [5.41, 5.74) is 2.18. The van der Waals surface area contributed by atoms with E-state index in [-0.39, 0.29) is 0 Å². The molecule has 0 amide bonds. The molecule has 1 aliphatic carbocycles. The highest BCUT2D eigenvalue weighted by atomic mass is 35.5. The van der Waals surface area contributed by atoms with Crippen LogP contribution in [-0.4, -0.2) is 0 Å². The van der Waals surface area contributed by atoms with E-state index in [1.165, 1.54) is 18.4 Å². The molecule has 2 aromatic carbocycles. The Hall–Kier alpha value is -0.730. The fourth-order valence-electron chi connectivity index (χ4n) is 2.59. The quantitative estimate of drug-likeness (QED) is 0.669. The third-order valence-electron chi connectivity index (χ3n) is 3.89. The largest absolute Gasteiger partial charge is 0.305 e. The van der Waals surface area contributed by atoms with Gasteiger partial charge in [-0.05, 0) is 36.5 Å². The molecule has 0 aliphatic heterocycles. The van der Waals surface area contributed by atoms with Crippen molar-refractivity contribution in [2.75, 3.05) is 0 Å². The molecule has 0 spiro atoms. The van der Waals surface area contributed by atoms with Gasteiger partial charge in [-0.25, -0.2) is 0 Å². The van der Waals surface area contributed by atoms with Crippen LogP contribution in [-0.2, 0) is 6.54 Å². The van der Waals surface area contributed by atoms with Crippen molar-refractivity contribution in [3.8, 4) is 0 Å². The maximum Gasteiger partial charge on any atom is 0.0652 e. The average molecular weight is 341 g/mol. The highest BCUT2D eigenvalue weighted by molar-refractivity contribution is 6.44. The van der Waals surface area contributed by atoms with Crippen molar-refractivity contribution in [1.82, 2.24) is 5.32 Å². The highest BCUT2D eigenvalue weighted by Crippen LogP contribution is 2.41. The number of benzene rings is 2. The van der Waals surface area contributed by atoms with Crippen LogP contribution >= 0.6 is 34.8 Å². The van der Waals surface area contributed by atoms with E-state index in [0.717, 1.165) is 5.56 Å². The lowest BCUT2D eigenvalue weighted by molar-refractivity contribution is 0.480. The second-order valence-corrected chi connectivity index (χ2v) is 6.62. The number of rotatable bonds is 5. The molecule has 0 saturated heterocycles. The van der Waals surface area contributed by atoms with Crippen LogP contribution in [0.3, 0.4) is 0 Å². The normalized spacial score (nSPS) is 16.0. The van der Waals surface area contributed by atoms with Crippen LogP contribution < -0.4 is 5.32 Å². The fourth-order valence-corrected chi connectivity index (χ4v) is 3.27.